The second-order valence-corrected chi connectivity index (χ2v) is 4.12. The molecule has 2 aromatic rings. The molecule has 0 fully saturated rings. The van der Waals surface area contributed by atoms with Crippen LogP contribution in [0.2, 0.25) is 0 Å². The normalized spacial score (nSPS) is 10.9. The zero-order chi connectivity index (χ0) is 14.5. The summed E-state index contributed by atoms with van der Waals surface area (Å²) in [5.74, 6) is 0.713. The lowest BCUT2D eigenvalue weighted by Gasteiger charge is -2.03. The number of phenolic OH excluding ortho intramolecular Hbond substituents is 1. The van der Waals surface area contributed by atoms with Gasteiger partial charge in [0.1, 0.15) is 28.9 Å². The van der Waals surface area contributed by atoms with Crippen LogP contribution in [0.15, 0.2) is 46.4 Å². The number of nitriles is 1. The first-order valence-corrected chi connectivity index (χ1v) is 5.87. The third-order valence-corrected chi connectivity index (χ3v) is 2.54. The standard InChI is InChI=1S/C15H12N2O3/c1-10-2-7-14(20-10)8-11(9-16)15(19)17-12-3-5-13(18)6-4-12/h2-8,18H,1H3,(H,17,19)/b11-8+. The quantitative estimate of drug-likeness (QED) is 0.509. The highest BCUT2D eigenvalue weighted by Gasteiger charge is 2.10. The third-order valence-electron chi connectivity index (χ3n) is 2.54. The highest BCUT2D eigenvalue weighted by molar-refractivity contribution is 6.09. The van der Waals surface area contributed by atoms with E-state index in [0.717, 1.165) is 0 Å². The van der Waals surface area contributed by atoms with Gasteiger partial charge in [0.05, 0.1) is 0 Å². The van der Waals surface area contributed by atoms with Crippen molar-refractivity contribution in [1.82, 2.24) is 0 Å². The van der Waals surface area contributed by atoms with Gasteiger partial charge >= 0.3 is 0 Å². The fourth-order valence-corrected chi connectivity index (χ4v) is 1.57. The monoisotopic (exact) mass is 268 g/mol. The van der Waals surface area contributed by atoms with E-state index in [1.165, 1.54) is 18.2 Å². The smallest absolute Gasteiger partial charge is 0.266 e. The van der Waals surface area contributed by atoms with E-state index >= 15 is 0 Å². The largest absolute Gasteiger partial charge is 0.508 e. The van der Waals surface area contributed by atoms with Crippen LogP contribution in [0.5, 0.6) is 5.75 Å². The lowest BCUT2D eigenvalue weighted by molar-refractivity contribution is -0.112. The minimum Gasteiger partial charge on any atom is -0.508 e. The van der Waals surface area contributed by atoms with Crippen LogP contribution in [0.25, 0.3) is 6.08 Å². The highest BCUT2D eigenvalue weighted by atomic mass is 16.3. The molecule has 0 aliphatic heterocycles. The number of nitrogens with one attached hydrogen (secondary N) is 1. The summed E-state index contributed by atoms with van der Waals surface area (Å²) in [5, 5.41) is 20.7. The number of aryl methyl sites for hydroxylation is 1. The molecule has 2 rings (SSSR count). The SMILES string of the molecule is Cc1ccc(/C=C(\C#N)C(=O)Nc2ccc(O)cc2)o1. The average molecular weight is 268 g/mol. The summed E-state index contributed by atoms with van der Waals surface area (Å²) in [6.45, 7) is 1.78. The van der Waals surface area contributed by atoms with Crippen molar-refractivity contribution in [2.75, 3.05) is 5.32 Å². The van der Waals surface area contributed by atoms with E-state index < -0.39 is 5.91 Å². The lowest BCUT2D eigenvalue weighted by atomic mass is 10.2. The Morgan fingerprint density at radius 1 is 1.30 bits per heavy atom. The van der Waals surface area contributed by atoms with E-state index in [-0.39, 0.29) is 11.3 Å². The summed E-state index contributed by atoms with van der Waals surface area (Å²) in [6, 6.07) is 11.2. The number of aromatic hydroxyl groups is 1. The van der Waals surface area contributed by atoms with Gasteiger partial charge in [-0.1, -0.05) is 0 Å². The maximum absolute atomic E-state index is 11.9. The summed E-state index contributed by atoms with van der Waals surface area (Å²) in [6.07, 6.45) is 1.38. The van der Waals surface area contributed by atoms with Crippen molar-refractivity contribution in [1.29, 1.82) is 5.26 Å². The third kappa shape index (κ3) is 3.27. The van der Waals surface area contributed by atoms with Gasteiger partial charge in [0, 0.05) is 11.8 Å². The minimum atomic E-state index is -0.535. The molecule has 0 aliphatic rings. The van der Waals surface area contributed by atoms with Gasteiger partial charge in [-0.15, -0.1) is 0 Å². The van der Waals surface area contributed by atoms with Crippen LogP contribution in [0, 0.1) is 18.3 Å². The first-order chi connectivity index (χ1) is 9.58. The van der Waals surface area contributed by atoms with Crippen molar-refractivity contribution < 1.29 is 14.3 Å². The Morgan fingerprint density at radius 3 is 2.55 bits per heavy atom. The van der Waals surface area contributed by atoms with E-state index in [0.29, 0.717) is 17.2 Å². The number of amides is 1. The predicted molar refractivity (Wildman–Crippen MR) is 73.8 cm³/mol. The highest BCUT2D eigenvalue weighted by Crippen LogP contribution is 2.16. The number of hydrogen-bond acceptors (Lipinski definition) is 4. The van der Waals surface area contributed by atoms with Crippen molar-refractivity contribution >= 4 is 17.7 Å². The van der Waals surface area contributed by atoms with Gasteiger partial charge in [0.2, 0.25) is 0 Å². The molecular formula is C15H12N2O3. The zero-order valence-corrected chi connectivity index (χ0v) is 10.8. The van der Waals surface area contributed by atoms with E-state index in [1.54, 1.807) is 31.2 Å². The van der Waals surface area contributed by atoms with Crippen LogP contribution in [0.4, 0.5) is 5.69 Å². The summed E-state index contributed by atoms with van der Waals surface area (Å²) in [4.78, 5) is 11.9. The summed E-state index contributed by atoms with van der Waals surface area (Å²) >= 11 is 0. The van der Waals surface area contributed by atoms with Crippen molar-refractivity contribution in [3.63, 3.8) is 0 Å². The van der Waals surface area contributed by atoms with Crippen molar-refractivity contribution in [2.24, 2.45) is 0 Å². The number of phenols is 1. The Bertz CT molecular complexity index is 691. The Hall–Kier alpha value is -3.00. The Kier molecular flexibility index (Phi) is 3.87. The molecule has 1 aromatic heterocycles. The Balaban J connectivity index is 2.16. The summed E-state index contributed by atoms with van der Waals surface area (Å²) in [7, 11) is 0. The number of rotatable bonds is 3. The molecular weight excluding hydrogens is 256 g/mol. The second kappa shape index (κ2) is 5.76. The van der Waals surface area contributed by atoms with Crippen LogP contribution >= 0.6 is 0 Å². The topological polar surface area (TPSA) is 86.3 Å². The molecule has 5 nitrogen and oxygen atoms in total. The fraction of sp³-hybridized carbons (Fsp3) is 0.0667. The van der Waals surface area contributed by atoms with Crippen LogP contribution in [-0.2, 0) is 4.79 Å². The number of benzene rings is 1. The van der Waals surface area contributed by atoms with Crippen LogP contribution in [0.1, 0.15) is 11.5 Å². The maximum atomic E-state index is 11.9. The molecule has 5 heteroatoms. The van der Waals surface area contributed by atoms with Gasteiger partial charge in [0.25, 0.3) is 5.91 Å². The van der Waals surface area contributed by atoms with Gasteiger partial charge in [-0.3, -0.25) is 4.79 Å². The molecule has 1 heterocycles. The molecule has 0 saturated carbocycles. The average Bonchev–Trinajstić information content (AvgIpc) is 2.84. The number of anilines is 1. The molecule has 0 unspecified atom stereocenters. The van der Waals surface area contributed by atoms with Crippen LogP contribution in [0.3, 0.4) is 0 Å². The number of furan rings is 1. The van der Waals surface area contributed by atoms with E-state index in [9.17, 15) is 4.79 Å². The van der Waals surface area contributed by atoms with Crippen molar-refractivity contribution in [2.45, 2.75) is 6.92 Å². The first kappa shape index (κ1) is 13.4. The van der Waals surface area contributed by atoms with Gasteiger partial charge in [-0.05, 0) is 43.3 Å². The van der Waals surface area contributed by atoms with Gasteiger partial charge in [0.15, 0.2) is 0 Å². The molecule has 0 spiro atoms. The maximum Gasteiger partial charge on any atom is 0.266 e. The number of hydrogen-bond donors (Lipinski definition) is 2. The molecule has 0 radical (unpaired) electrons. The summed E-state index contributed by atoms with van der Waals surface area (Å²) < 4.78 is 5.29. The van der Waals surface area contributed by atoms with Crippen LogP contribution in [-0.4, -0.2) is 11.0 Å². The molecule has 0 bridgehead atoms. The molecule has 0 aliphatic carbocycles. The first-order valence-electron chi connectivity index (χ1n) is 5.87. The van der Waals surface area contributed by atoms with Crippen LogP contribution < -0.4 is 5.32 Å². The predicted octanol–water partition coefficient (Wildman–Crippen LogP) is 2.84. The Labute approximate surface area is 115 Å². The molecule has 0 atom stereocenters. The van der Waals surface area contributed by atoms with Gasteiger partial charge in [-0.25, -0.2) is 0 Å². The minimum absolute atomic E-state index is 0.0626. The molecule has 0 saturated heterocycles. The van der Waals surface area contributed by atoms with Gasteiger partial charge < -0.3 is 14.8 Å². The number of nitrogens with zero attached hydrogens (tertiary/aromatic N) is 1. The fourth-order valence-electron chi connectivity index (χ4n) is 1.57. The molecule has 1 aromatic carbocycles. The number of carbonyl (C=O) groups excluding carboxylic acids is 1. The lowest BCUT2D eigenvalue weighted by Crippen LogP contribution is -2.13. The molecule has 20 heavy (non-hydrogen) atoms. The zero-order valence-electron chi connectivity index (χ0n) is 10.8. The molecule has 2 N–H and O–H groups in total. The van der Waals surface area contributed by atoms with E-state index in [1.807, 2.05) is 6.07 Å². The molecule has 1 amide bonds. The second-order valence-electron chi connectivity index (χ2n) is 4.12. The van der Waals surface area contributed by atoms with Gasteiger partial charge in [-0.2, -0.15) is 5.26 Å². The van der Waals surface area contributed by atoms with Crippen molar-refractivity contribution in [3.05, 3.63) is 53.5 Å². The van der Waals surface area contributed by atoms with E-state index in [2.05, 4.69) is 5.32 Å². The van der Waals surface area contributed by atoms with E-state index in [4.69, 9.17) is 14.8 Å². The summed E-state index contributed by atoms with van der Waals surface area (Å²) in [5.41, 5.74) is 0.428. The Morgan fingerprint density at radius 2 is 2.00 bits per heavy atom. The van der Waals surface area contributed by atoms with Crippen molar-refractivity contribution in [3.8, 4) is 11.8 Å². The molecule has 100 valence electrons. The number of carbonyl (C=O) groups is 1.